The van der Waals surface area contributed by atoms with Crippen molar-refractivity contribution in [1.29, 1.82) is 0 Å². The quantitative estimate of drug-likeness (QED) is 0.830. The van der Waals surface area contributed by atoms with E-state index in [2.05, 4.69) is 5.32 Å². The van der Waals surface area contributed by atoms with Crippen molar-refractivity contribution >= 4 is 35.0 Å². The van der Waals surface area contributed by atoms with Crippen molar-refractivity contribution < 1.29 is 4.79 Å². The van der Waals surface area contributed by atoms with Crippen LogP contribution in [0.3, 0.4) is 0 Å². The average Bonchev–Trinajstić information content (AvgIpc) is 2.42. The van der Waals surface area contributed by atoms with Gasteiger partial charge in [-0.15, -0.1) is 11.8 Å². The van der Waals surface area contributed by atoms with Crippen molar-refractivity contribution in [2.75, 3.05) is 11.1 Å². The Morgan fingerprint density at radius 3 is 2.60 bits per heavy atom. The number of anilines is 1. The van der Waals surface area contributed by atoms with Gasteiger partial charge in [-0.3, -0.25) is 4.79 Å². The first-order valence-electron chi connectivity index (χ1n) is 6.30. The van der Waals surface area contributed by atoms with Gasteiger partial charge < -0.3 is 5.32 Å². The number of carbonyl (C=O) groups is 1. The summed E-state index contributed by atoms with van der Waals surface area (Å²) in [6, 6.07) is 13.4. The summed E-state index contributed by atoms with van der Waals surface area (Å²) in [5.74, 6) is 0.314. The molecule has 0 atom stereocenters. The second kappa shape index (κ2) is 6.82. The van der Waals surface area contributed by atoms with E-state index >= 15 is 0 Å². The van der Waals surface area contributed by atoms with Crippen molar-refractivity contribution in [3.63, 3.8) is 0 Å². The topological polar surface area (TPSA) is 29.1 Å². The number of benzene rings is 2. The number of thioether (sulfide) groups is 1. The number of nitrogens with one attached hydrogen (secondary N) is 1. The Kier molecular flexibility index (Phi) is 5.10. The lowest BCUT2D eigenvalue weighted by atomic mass is 10.1. The van der Waals surface area contributed by atoms with Crippen LogP contribution in [0, 0.1) is 13.8 Å². The Bertz CT molecular complexity index is 628. The van der Waals surface area contributed by atoms with Crippen LogP contribution in [0.4, 0.5) is 5.69 Å². The van der Waals surface area contributed by atoms with Gasteiger partial charge in [0.1, 0.15) is 0 Å². The maximum absolute atomic E-state index is 11.9. The molecule has 0 spiro atoms. The van der Waals surface area contributed by atoms with E-state index < -0.39 is 0 Å². The first-order chi connectivity index (χ1) is 9.56. The highest BCUT2D eigenvalue weighted by atomic mass is 35.5. The Morgan fingerprint density at radius 2 is 1.90 bits per heavy atom. The van der Waals surface area contributed by atoms with Gasteiger partial charge in [-0.25, -0.2) is 0 Å². The lowest BCUT2D eigenvalue weighted by Crippen LogP contribution is -2.14. The summed E-state index contributed by atoms with van der Waals surface area (Å²) in [6.07, 6.45) is 0. The monoisotopic (exact) mass is 305 g/mol. The van der Waals surface area contributed by atoms with E-state index in [1.54, 1.807) is 0 Å². The zero-order valence-electron chi connectivity index (χ0n) is 11.4. The number of rotatable bonds is 4. The summed E-state index contributed by atoms with van der Waals surface area (Å²) in [5.41, 5.74) is 3.22. The molecule has 2 aromatic carbocycles. The van der Waals surface area contributed by atoms with Gasteiger partial charge in [0.25, 0.3) is 0 Å². The molecule has 0 aliphatic rings. The maximum Gasteiger partial charge on any atom is 0.234 e. The second-order valence-electron chi connectivity index (χ2n) is 4.57. The average molecular weight is 306 g/mol. The first kappa shape index (κ1) is 14.9. The molecule has 0 saturated heterocycles. The third-order valence-corrected chi connectivity index (χ3v) is 4.50. The molecule has 0 saturated carbocycles. The number of halogens is 1. The van der Waals surface area contributed by atoms with Crippen LogP contribution in [-0.2, 0) is 4.79 Å². The third kappa shape index (κ3) is 4.02. The molecule has 0 aromatic heterocycles. The lowest BCUT2D eigenvalue weighted by Gasteiger charge is -2.08. The largest absolute Gasteiger partial charge is 0.325 e. The Hall–Kier alpha value is -1.45. The van der Waals surface area contributed by atoms with Gasteiger partial charge >= 0.3 is 0 Å². The van der Waals surface area contributed by atoms with Crippen LogP contribution >= 0.6 is 23.4 Å². The van der Waals surface area contributed by atoms with Gasteiger partial charge in [-0.05, 0) is 49.2 Å². The zero-order valence-corrected chi connectivity index (χ0v) is 13.0. The normalized spacial score (nSPS) is 10.3. The molecule has 20 heavy (non-hydrogen) atoms. The van der Waals surface area contributed by atoms with Crippen LogP contribution in [0.5, 0.6) is 0 Å². The molecule has 0 bridgehead atoms. The predicted octanol–water partition coefficient (Wildman–Crippen LogP) is 4.69. The SMILES string of the molecule is Cc1ccc(NC(=O)CSc2ccccc2Cl)cc1C. The summed E-state index contributed by atoms with van der Waals surface area (Å²) in [5, 5.41) is 3.57. The van der Waals surface area contributed by atoms with E-state index in [9.17, 15) is 4.79 Å². The molecule has 104 valence electrons. The number of hydrogen-bond donors (Lipinski definition) is 1. The molecule has 0 unspecified atom stereocenters. The smallest absolute Gasteiger partial charge is 0.234 e. The Balaban J connectivity index is 1.93. The molecule has 2 nitrogen and oxygen atoms in total. The van der Waals surface area contributed by atoms with Crippen LogP contribution in [-0.4, -0.2) is 11.7 Å². The van der Waals surface area contributed by atoms with E-state index in [4.69, 9.17) is 11.6 Å². The highest BCUT2D eigenvalue weighted by molar-refractivity contribution is 8.00. The molecule has 1 amide bonds. The van der Waals surface area contributed by atoms with Crippen molar-refractivity contribution in [2.45, 2.75) is 18.7 Å². The summed E-state index contributed by atoms with van der Waals surface area (Å²) >= 11 is 7.49. The van der Waals surface area contributed by atoms with Gasteiger partial charge in [-0.2, -0.15) is 0 Å². The fourth-order valence-electron chi connectivity index (χ4n) is 1.72. The summed E-state index contributed by atoms with van der Waals surface area (Å²) in [4.78, 5) is 12.8. The second-order valence-corrected chi connectivity index (χ2v) is 5.99. The van der Waals surface area contributed by atoms with Gasteiger partial charge in [0.15, 0.2) is 0 Å². The van der Waals surface area contributed by atoms with Crippen LogP contribution in [0.25, 0.3) is 0 Å². The first-order valence-corrected chi connectivity index (χ1v) is 7.67. The third-order valence-electron chi connectivity index (χ3n) is 2.99. The number of aryl methyl sites for hydroxylation is 2. The fourth-order valence-corrected chi connectivity index (χ4v) is 2.76. The highest BCUT2D eigenvalue weighted by Crippen LogP contribution is 2.26. The lowest BCUT2D eigenvalue weighted by molar-refractivity contribution is -0.113. The highest BCUT2D eigenvalue weighted by Gasteiger charge is 2.06. The van der Waals surface area contributed by atoms with E-state index in [-0.39, 0.29) is 5.91 Å². The standard InChI is InChI=1S/C16H16ClNOS/c1-11-7-8-13(9-12(11)2)18-16(19)10-20-15-6-4-3-5-14(15)17/h3-9H,10H2,1-2H3,(H,18,19). The summed E-state index contributed by atoms with van der Waals surface area (Å²) in [6.45, 7) is 4.08. The van der Waals surface area contributed by atoms with E-state index in [1.165, 1.54) is 22.9 Å². The summed E-state index contributed by atoms with van der Waals surface area (Å²) in [7, 11) is 0. The molecule has 0 aliphatic heterocycles. The summed E-state index contributed by atoms with van der Waals surface area (Å²) < 4.78 is 0. The number of hydrogen-bond acceptors (Lipinski definition) is 2. The van der Waals surface area contributed by atoms with Crippen molar-refractivity contribution in [3.05, 3.63) is 58.6 Å². The van der Waals surface area contributed by atoms with Crippen LogP contribution < -0.4 is 5.32 Å². The predicted molar refractivity (Wildman–Crippen MR) is 86.7 cm³/mol. The van der Waals surface area contributed by atoms with E-state index in [0.717, 1.165) is 10.6 Å². The van der Waals surface area contributed by atoms with Crippen LogP contribution in [0.15, 0.2) is 47.4 Å². The molecule has 2 aromatic rings. The minimum Gasteiger partial charge on any atom is -0.325 e. The molecule has 0 heterocycles. The Morgan fingerprint density at radius 1 is 1.15 bits per heavy atom. The molecule has 2 rings (SSSR count). The van der Waals surface area contributed by atoms with Crippen molar-refractivity contribution in [1.82, 2.24) is 0 Å². The van der Waals surface area contributed by atoms with E-state index in [0.29, 0.717) is 10.8 Å². The van der Waals surface area contributed by atoms with E-state index in [1.807, 2.05) is 56.3 Å². The molecular formula is C16H16ClNOS. The molecule has 4 heteroatoms. The van der Waals surface area contributed by atoms with Crippen LogP contribution in [0.1, 0.15) is 11.1 Å². The molecule has 0 radical (unpaired) electrons. The Labute approximate surface area is 128 Å². The van der Waals surface area contributed by atoms with Gasteiger partial charge in [0, 0.05) is 10.6 Å². The molecule has 1 N–H and O–H groups in total. The number of carbonyl (C=O) groups excluding carboxylic acids is 1. The fraction of sp³-hybridized carbons (Fsp3) is 0.188. The van der Waals surface area contributed by atoms with Gasteiger partial charge in [0.05, 0.1) is 10.8 Å². The zero-order chi connectivity index (χ0) is 14.5. The van der Waals surface area contributed by atoms with Gasteiger partial charge in [-0.1, -0.05) is 29.8 Å². The molecule has 0 fully saturated rings. The number of amides is 1. The van der Waals surface area contributed by atoms with Crippen molar-refractivity contribution in [2.24, 2.45) is 0 Å². The minimum atomic E-state index is -0.0295. The van der Waals surface area contributed by atoms with Gasteiger partial charge in [0.2, 0.25) is 5.91 Å². The minimum absolute atomic E-state index is 0.0295. The molecule has 0 aliphatic carbocycles. The maximum atomic E-state index is 11.9. The van der Waals surface area contributed by atoms with Crippen molar-refractivity contribution in [3.8, 4) is 0 Å². The van der Waals surface area contributed by atoms with Crippen LogP contribution in [0.2, 0.25) is 5.02 Å². The molecular weight excluding hydrogens is 290 g/mol.